The molecule has 0 spiro atoms. The molecule has 1 heterocycles. The first-order valence-corrected chi connectivity index (χ1v) is 10.4. The van der Waals surface area contributed by atoms with Crippen LogP contribution in [0.3, 0.4) is 0 Å². The van der Waals surface area contributed by atoms with Gasteiger partial charge in [-0.15, -0.1) is 0 Å². The first-order chi connectivity index (χ1) is 12.5. The predicted molar refractivity (Wildman–Crippen MR) is 97.8 cm³/mol. The number of rotatable bonds is 0. The van der Waals surface area contributed by atoms with Crippen molar-refractivity contribution in [3.05, 3.63) is 11.6 Å². The lowest BCUT2D eigenvalue weighted by Crippen LogP contribution is -2.60. The van der Waals surface area contributed by atoms with Gasteiger partial charge >= 0.3 is 0 Å². The van der Waals surface area contributed by atoms with Crippen molar-refractivity contribution in [2.75, 3.05) is 0 Å². The molecule has 5 aliphatic rings. The molecule has 0 radical (unpaired) electrons. The molecule has 5 heteroatoms. The molecule has 0 amide bonds. The zero-order chi connectivity index (χ0) is 19.4. The van der Waals surface area contributed by atoms with Crippen LogP contribution in [0.2, 0.25) is 0 Å². The highest BCUT2D eigenvalue weighted by atomic mass is 16.7. The number of carbonyl (C=O) groups excluding carboxylic acids is 2. The normalized spacial score (nSPS) is 53.3. The summed E-state index contributed by atoms with van der Waals surface area (Å²) in [6.07, 6.45) is 5.48. The quantitative estimate of drug-likeness (QED) is 0.706. The summed E-state index contributed by atoms with van der Waals surface area (Å²) in [6, 6.07) is 0. The molecule has 0 aromatic rings. The lowest BCUT2D eigenvalue weighted by molar-refractivity contribution is -0.149. The molecule has 7 atom stereocenters. The Hall–Kier alpha value is -1.04. The molecule has 27 heavy (non-hydrogen) atoms. The summed E-state index contributed by atoms with van der Waals surface area (Å²) < 4.78 is 12.2. The summed E-state index contributed by atoms with van der Waals surface area (Å²) in [5, 5.41) is 11.6. The van der Waals surface area contributed by atoms with Crippen LogP contribution in [0.25, 0.3) is 0 Å². The number of allylic oxidation sites excluding steroid dienone is 1. The van der Waals surface area contributed by atoms with E-state index in [0.717, 1.165) is 18.4 Å². The Labute approximate surface area is 160 Å². The number of carbonyl (C=O) groups is 2. The average molecular weight is 374 g/mol. The van der Waals surface area contributed by atoms with E-state index in [1.165, 1.54) is 0 Å². The van der Waals surface area contributed by atoms with E-state index in [-0.39, 0.29) is 41.0 Å². The van der Waals surface area contributed by atoms with Gasteiger partial charge in [0, 0.05) is 12.3 Å². The van der Waals surface area contributed by atoms with Crippen molar-refractivity contribution in [3.8, 4) is 0 Å². The van der Waals surface area contributed by atoms with E-state index < -0.39 is 16.8 Å². The highest BCUT2D eigenvalue weighted by Crippen LogP contribution is 2.65. The number of hydrogen-bond donors (Lipinski definition) is 1. The van der Waals surface area contributed by atoms with Crippen molar-refractivity contribution in [1.82, 2.24) is 0 Å². The summed E-state index contributed by atoms with van der Waals surface area (Å²) >= 11 is 0. The molecule has 0 bridgehead atoms. The lowest BCUT2D eigenvalue weighted by Gasteiger charge is -2.58. The Balaban J connectivity index is 1.57. The van der Waals surface area contributed by atoms with E-state index >= 15 is 0 Å². The first kappa shape index (κ1) is 18.0. The fourth-order valence-electron chi connectivity index (χ4n) is 7.11. The van der Waals surface area contributed by atoms with Gasteiger partial charge in [-0.3, -0.25) is 9.59 Å². The molecule has 0 unspecified atom stereocenters. The number of fused-ring (bicyclic) bond motifs is 6. The molecule has 0 aromatic heterocycles. The summed E-state index contributed by atoms with van der Waals surface area (Å²) in [4.78, 5) is 25.8. The van der Waals surface area contributed by atoms with E-state index in [4.69, 9.17) is 9.47 Å². The molecule has 4 aliphatic carbocycles. The van der Waals surface area contributed by atoms with Gasteiger partial charge in [0.1, 0.15) is 5.78 Å². The van der Waals surface area contributed by atoms with Crippen LogP contribution in [0.1, 0.15) is 66.2 Å². The molecule has 0 aromatic carbocycles. The van der Waals surface area contributed by atoms with Gasteiger partial charge in [-0.25, -0.2) is 0 Å². The molecule has 5 nitrogen and oxygen atoms in total. The van der Waals surface area contributed by atoms with Crippen molar-refractivity contribution < 1.29 is 24.2 Å². The molecule has 3 saturated carbocycles. The van der Waals surface area contributed by atoms with E-state index in [1.807, 2.05) is 20.8 Å². The van der Waals surface area contributed by atoms with Gasteiger partial charge in [-0.2, -0.15) is 0 Å². The fraction of sp³-hybridized carbons (Fsp3) is 0.818. The summed E-state index contributed by atoms with van der Waals surface area (Å²) in [5.74, 6) is -0.359. The number of ketones is 2. The van der Waals surface area contributed by atoms with Gasteiger partial charge in [0.25, 0.3) is 0 Å². The van der Waals surface area contributed by atoms with E-state index in [0.29, 0.717) is 25.7 Å². The third-order valence-electron chi connectivity index (χ3n) is 8.66. The maximum Gasteiger partial charge on any atom is 0.163 e. The Bertz CT molecular complexity index is 769. The monoisotopic (exact) mass is 374 g/mol. The topological polar surface area (TPSA) is 72.8 Å². The summed E-state index contributed by atoms with van der Waals surface area (Å²) in [7, 11) is 0. The van der Waals surface area contributed by atoms with Crippen molar-refractivity contribution in [1.29, 1.82) is 0 Å². The average Bonchev–Trinajstić information content (AvgIpc) is 2.99. The molecule has 148 valence electrons. The standard InChI is InChI=1S/C22H30O5/c1-19(2)26-16-10-14-15(23)9-13-12(20(14,3)11-17(16)27-19)5-7-21(4)18(24)6-8-22(13,21)25/h9,12,14,16-17,25H,5-8,10-11H2,1-4H3/t12-,14-,16+,17-,20+,21+,22+/m0/s1. The number of ether oxygens (including phenoxy) is 2. The minimum Gasteiger partial charge on any atom is -0.384 e. The first-order valence-electron chi connectivity index (χ1n) is 10.4. The van der Waals surface area contributed by atoms with Gasteiger partial charge in [-0.05, 0) is 75.9 Å². The summed E-state index contributed by atoms with van der Waals surface area (Å²) in [5.41, 5.74) is -1.35. The zero-order valence-electron chi connectivity index (χ0n) is 16.7. The third-order valence-corrected chi connectivity index (χ3v) is 8.66. The van der Waals surface area contributed by atoms with Crippen LogP contribution in [0.15, 0.2) is 11.6 Å². The van der Waals surface area contributed by atoms with Crippen LogP contribution in [0.4, 0.5) is 0 Å². The Morgan fingerprint density at radius 3 is 2.48 bits per heavy atom. The smallest absolute Gasteiger partial charge is 0.163 e. The molecule has 1 saturated heterocycles. The molecular formula is C22H30O5. The second-order valence-corrected chi connectivity index (χ2v) is 10.4. The van der Waals surface area contributed by atoms with Gasteiger partial charge < -0.3 is 14.6 Å². The maximum absolute atomic E-state index is 13.2. The Kier molecular flexibility index (Phi) is 3.41. The second-order valence-electron chi connectivity index (χ2n) is 10.4. The molecular weight excluding hydrogens is 344 g/mol. The molecule has 5 rings (SSSR count). The molecule has 4 fully saturated rings. The van der Waals surface area contributed by atoms with Crippen LogP contribution >= 0.6 is 0 Å². The number of aliphatic hydroxyl groups is 1. The highest BCUT2D eigenvalue weighted by molar-refractivity contribution is 5.96. The van der Waals surface area contributed by atoms with Gasteiger partial charge in [-0.1, -0.05) is 6.92 Å². The van der Waals surface area contributed by atoms with Crippen molar-refractivity contribution in [3.63, 3.8) is 0 Å². The molecule has 1 N–H and O–H groups in total. The van der Waals surface area contributed by atoms with Gasteiger partial charge in [0.05, 0.1) is 23.2 Å². The van der Waals surface area contributed by atoms with Crippen LogP contribution in [-0.2, 0) is 19.1 Å². The minimum absolute atomic E-state index is 0.0124. The third kappa shape index (κ3) is 2.11. The second kappa shape index (κ2) is 5.11. The van der Waals surface area contributed by atoms with Gasteiger partial charge in [0.15, 0.2) is 11.6 Å². The molecule has 1 aliphatic heterocycles. The summed E-state index contributed by atoms with van der Waals surface area (Å²) in [6.45, 7) is 7.95. The van der Waals surface area contributed by atoms with Crippen molar-refractivity contribution in [2.45, 2.75) is 89.8 Å². The Morgan fingerprint density at radius 2 is 1.74 bits per heavy atom. The van der Waals surface area contributed by atoms with Gasteiger partial charge in [0.2, 0.25) is 0 Å². The Morgan fingerprint density at radius 1 is 1.04 bits per heavy atom. The van der Waals surface area contributed by atoms with Crippen LogP contribution in [0.5, 0.6) is 0 Å². The van der Waals surface area contributed by atoms with E-state index in [2.05, 4.69) is 6.92 Å². The predicted octanol–water partition coefficient (Wildman–Crippen LogP) is 2.94. The largest absolute Gasteiger partial charge is 0.384 e. The number of hydrogen-bond acceptors (Lipinski definition) is 5. The highest BCUT2D eigenvalue weighted by Gasteiger charge is 2.67. The SMILES string of the molecule is CC1(C)O[C@H]2C[C@@]3(C)[C@@H](C[C@H]2O1)C(=O)C=C1[C@@H]3CC[C@]2(C)C(=O)CC[C@@]12O. The van der Waals surface area contributed by atoms with Crippen molar-refractivity contribution >= 4 is 11.6 Å². The van der Waals surface area contributed by atoms with E-state index in [1.54, 1.807) is 6.08 Å². The van der Waals surface area contributed by atoms with Crippen LogP contribution in [-0.4, -0.2) is 40.3 Å². The van der Waals surface area contributed by atoms with E-state index in [9.17, 15) is 14.7 Å². The van der Waals surface area contributed by atoms with Crippen LogP contribution in [0, 0.1) is 22.7 Å². The number of Topliss-reactive ketones (excluding diaryl/α,β-unsaturated/α-hetero) is 1. The van der Waals surface area contributed by atoms with Crippen molar-refractivity contribution in [2.24, 2.45) is 22.7 Å². The lowest BCUT2D eigenvalue weighted by atomic mass is 9.47. The van der Waals surface area contributed by atoms with Crippen LogP contribution < -0.4 is 0 Å². The zero-order valence-corrected chi connectivity index (χ0v) is 16.7. The maximum atomic E-state index is 13.2. The minimum atomic E-state index is -1.17. The fourth-order valence-corrected chi connectivity index (χ4v) is 7.11.